The van der Waals surface area contributed by atoms with Crippen LogP contribution in [0.3, 0.4) is 0 Å². The van der Waals surface area contributed by atoms with Gasteiger partial charge in [-0.25, -0.2) is 0 Å². The summed E-state index contributed by atoms with van der Waals surface area (Å²) in [6.07, 6.45) is 3.28. The molecule has 0 aliphatic carbocycles. The molecule has 2 unspecified atom stereocenters. The highest BCUT2D eigenvalue weighted by Gasteiger charge is 2.29. The van der Waals surface area contributed by atoms with Crippen molar-refractivity contribution in [1.82, 2.24) is 0 Å². The van der Waals surface area contributed by atoms with E-state index in [1.807, 2.05) is 0 Å². The topological polar surface area (TPSA) is 0 Å². The zero-order chi connectivity index (χ0) is 16.0. The normalized spacial score (nSPS) is 14.3. The van der Waals surface area contributed by atoms with Gasteiger partial charge in [-0.15, -0.1) is 6.58 Å². The van der Waals surface area contributed by atoms with E-state index in [-0.39, 0.29) is 0 Å². The van der Waals surface area contributed by atoms with Crippen molar-refractivity contribution in [3.05, 3.63) is 78.9 Å². The van der Waals surface area contributed by atoms with Gasteiger partial charge in [0.25, 0.3) is 0 Å². The quantitative estimate of drug-likeness (QED) is 0.482. The van der Waals surface area contributed by atoms with Crippen LogP contribution in [0.2, 0.25) is 19.1 Å². The van der Waals surface area contributed by atoms with Crippen LogP contribution in [-0.4, -0.2) is 8.07 Å². The highest BCUT2D eigenvalue weighted by atomic mass is 28.3. The molecule has 116 valence electrons. The summed E-state index contributed by atoms with van der Waals surface area (Å²) in [5.74, 6) is 1.22. The Balaban J connectivity index is 2.18. The van der Waals surface area contributed by atoms with Gasteiger partial charge in [-0.3, -0.25) is 0 Å². The molecule has 2 aromatic carbocycles. The van der Waals surface area contributed by atoms with Crippen molar-refractivity contribution in [1.29, 1.82) is 0 Å². The molecule has 0 radical (unpaired) electrons. The zero-order valence-electron chi connectivity index (χ0n) is 14.1. The molecule has 0 heterocycles. The first-order valence-electron chi connectivity index (χ1n) is 8.25. The standard InChI is InChI=1S/C21H28Si/c1-5-18(2)20(16-19-12-8-6-9-13-19)17-22(3,4)21-14-10-7-11-15-21/h5-15,18,20H,1,16-17H2,2-4H3. The lowest BCUT2D eigenvalue weighted by Crippen LogP contribution is -2.43. The monoisotopic (exact) mass is 308 g/mol. The van der Waals surface area contributed by atoms with Crippen LogP contribution in [0, 0.1) is 11.8 Å². The van der Waals surface area contributed by atoms with E-state index in [0.717, 1.165) is 6.42 Å². The predicted octanol–water partition coefficient (Wildman–Crippen LogP) is 5.28. The first-order valence-corrected chi connectivity index (χ1v) is 11.5. The van der Waals surface area contributed by atoms with Crippen molar-refractivity contribution >= 4 is 13.3 Å². The molecule has 0 nitrogen and oxygen atoms in total. The lowest BCUT2D eigenvalue weighted by Gasteiger charge is -2.31. The van der Waals surface area contributed by atoms with Crippen LogP contribution < -0.4 is 5.19 Å². The van der Waals surface area contributed by atoms with Gasteiger partial charge in [-0.05, 0) is 29.9 Å². The third-order valence-electron chi connectivity index (χ3n) is 4.78. The van der Waals surface area contributed by atoms with E-state index < -0.39 is 8.07 Å². The van der Waals surface area contributed by atoms with E-state index in [1.54, 1.807) is 5.19 Å². The first kappa shape index (κ1) is 16.8. The number of allylic oxidation sites excluding steroid dienone is 1. The van der Waals surface area contributed by atoms with Gasteiger partial charge in [0, 0.05) is 0 Å². The molecule has 0 aromatic heterocycles. The Morgan fingerprint density at radius 2 is 1.50 bits per heavy atom. The van der Waals surface area contributed by atoms with Crippen LogP contribution in [0.15, 0.2) is 73.3 Å². The Hall–Kier alpha value is -1.60. The molecule has 0 amide bonds. The van der Waals surface area contributed by atoms with E-state index in [4.69, 9.17) is 0 Å². The van der Waals surface area contributed by atoms with Gasteiger partial charge in [0.05, 0.1) is 8.07 Å². The molecule has 1 heteroatoms. The van der Waals surface area contributed by atoms with Gasteiger partial charge >= 0.3 is 0 Å². The Bertz CT molecular complexity index is 571. The van der Waals surface area contributed by atoms with E-state index in [0.29, 0.717) is 11.8 Å². The molecule has 0 bridgehead atoms. The second-order valence-corrected chi connectivity index (χ2v) is 11.8. The minimum Gasteiger partial charge on any atom is -0.103 e. The van der Waals surface area contributed by atoms with E-state index in [1.165, 1.54) is 11.6 Å². The summed E-state index contributed by atoms with van der Waals surface area (Å²) in [5, 5.41) is 1.56. The largest absolute Gasteiger partial charge is 0.103 e. The van der Waals surface area contributed by atoms with Gasteiger partial charge < -0.3 is 0 Å². The maximum atomic E-state index is 4.04. The van der Waals surface area contributed by atoms with Gasteiger partial charge in [0.15, 0.2) is 0 Å². The fourth-order valence-corrected chi connectivity index (χ4v) is 6.37. The van der Waals surface area contributed by atoms with Crippen LogP contribution >= 0.6 is 0 Å². The van der Waals surface area contributed by atoms with E-state index >= 15 is 0 Å². The van der Waals surface area contributed by atoms with Crippen molar-refractivity contribution < 1.29 is 0 Å². The summed E-state index contributed by atoms with van der Waals surface area (Å²) in [6, 6.07) is 23.3. The summed E-state index contributed by atoms with van der Waals surface area (Å²) in [6.45, 7) is 11.3. The molecule has 0 fully saturated rings. The number of benzene rings is 2. The molecular weight excluding hydrogens is 280 g/mol. The van der Waals surface area contributed by atoms with E-state index in [2.05, 4.69) is 93.3 Å². The predicted molar refractivity (Wildman–Crippen MR) is 101 cm³/mol. The van der Waals surface area contributed by atoms with Crippen molar-refractivity contribution in [3.8, 4) is 0 Å². The SMILES string of the molecule is C=CC(C)C(Cc1ccccc1)C[Si](C)(C)c1ccccc1. The highest BCUT2D eigenvalue weighted by molar-refractivity contribution is 6.89. The minimum atomic E-state index is -1.42. The Kier molecular flexibility index (Phi) is 5.79. The molecule has 2 rings (SSSR count). The Morgan fingerprint density at radius 3 is 2.05 bits per heavy atom. The van der Waals surface area contributed by atoms with Gasteiger partial charge in [-0.1, -0.05) is 91.9 Å². The van der Waals surface area contributed by atoms with Crippen LogP contribution in [0.25, 0.3) is 0 Å². The molecule has 0 saturated carbocycles. The fraction of sp³-hybridized carbons (Fsp3) is 0.333. The highest BCUT2D eigenvalue weighted by Crippen LogP contribution is 2.28. The van der Waals surface area contributed by atoms with Crippen LogP contribution in [0.4, 0.5) is 0 Å². The second-order valence-electron chi connectivity index (χ2n) is 7.00. The third-order valence-corrected chi connectivity index (χ3v) is 8.23. The lowest BCUT2D eigenvalue weighted by molar-refractivity contribution is 0.453. The number of rotatable bonds is 7. The molecule has 0 N–H and O–H groups in total. The van der Waals surface area contributed by atoms with Crippen LogP contribution in [0.5, 0.6) is 0 Å². The molecule has 22 heavy (non-hydrogen) atoms. The first-order chi connectivity index (χ1) is 10.5. The fourth-order valence-electron chi connectivity index (χ4n) is 3.22. The summed E-state index contributed by atoms with van der Waals surface area (Å²) >= 11 is 0. The number of hydrogen-bond donors (Lipinski definition) is 0. The average Bonchev–Trinajstić information content (AvgIpc) is 2.55. The number of hydrogen-bond acceptors (Lipinski definition) is 0. The molecular formula is C21H28Si. The van der Waals surface area contributed by atoms with Gasteiger partial charge in [-0.2, -0.15) is 0 Å². The molecule has 2 aromatic rings. The maximum absolute atomic E-state index is 4.04. The maximum Gasteiger partial charge on any atom is 0.0809 e. The molecule has 0 spiro atoms. The molecule has 2 atom stereocenters. The zero-order valence-corrected chi connectivity index (χ0v) is 15.1. The van der Waals surface area contributed by atoms with Crippen LogP contribution in [-0.2, 0) is 6.42 Å². The lowest BCUT2D eigenvalue weighted by atomic mass is 9.89. The third kappa shape index (κ3) is 4.44. The Morgan fingerprint density at radius 1 is 0.955 bits per heavy atom. The van der Waals surface area contributed by atoms with Crippen molar-refractivity contribution in [2.75, 3.05) is 0 Å². The smallest absolute Gasteiger partial charge is 0.0809 e. The van der Waals surface area contributed by atoms with Gasteiger partial charge in [0.2, 0.25) is 0 Å². The molecule has 0 aliphatic heterocycles. The average molecular weight is 309 g/mol. The second kappa shape index (κ2) is 7.60. The van der Waals surface area contributed by atoms with E-state index in [9.17, 15) is 0 Å². The van der Waals surface area contributed by atoms with Crippen molar-refractivity contribution in [3.63, 3.8) is 0 Å². The van der Waals surface area contributed by atoms with Gasteiger partial charge in [0.1, 0.15) is 0 Å². The summed E-state index contributed by atoms with van der Waals surface area (Å²) in [5.41, 5.74) is 1.44. The Labute approximate surface area is 136 Å². The summed E-state index contributed by atoms with van der Waals surface area (Å²) < 4.78 is 0. The van der Waals surface area contributed by atoms with Crippen molar-refractivity contribution in [2.24, 2.45) is 11.8 Å². The minimum absolute atomic E-state index is 0.552. The molecule has 0 saturated heterocycles. The van der Waals surface area contributed by atoms with Crippen molar-refractivity contribution in [2.45, 2.75) is 32.5 Å². The summed E-state index contributed by atoms with van der Waals surface area (Å²) in [4.78, 5) is 0. The molecule has 0 aliphatic rings. The van der Waals surface area contributed by atoms with Crippen LogP contribution in [0.1, 0.15) is 12.5 Å². The summed E-state index contributed by atoms with van der Waals surface area (Å²) in [7, 11) is -1.42.